The van der Waals surface area contributed by atoms with Gasteiger partial charge in [-0.2, -0.15) is 29.8 Å². The Morgan fingerprint density at radius 1 is 0.941 bits per heavy atom. The molecule has 0 aliphatic heterocycles. The summed E-state index contributed by atoms with van der Waals surface area (Å²) in [6.07, 6.45) is 1.05. The molecule has 1 aliphatic carbocycles. The molecule has 0 saturated carbocycles. The molecule has 0 spiro atoms. The Kier molecular flexibility index (Phi) is 13.3. The van der Waals surface area contributed by atoms with Gasteiger partial charge in [0.25, 0.3) is 0 Å². The smallest absolute Gasteiger partial charge is 0.115 e. The van der Waals surface area contributed by atoms with E-state index >= 15 is 0 Å². The number of fused-ring (bicyclic) bond motifs is 3. The molecule has 3 aromatic rings. The van der Waals surface area contributed by atoms with E-state index in [2.05, 4.69) is 116 Å². The second kappa shape index (κ2) is 13.8. The van der Waals surface area contributed by atoms with Crippen LogP contribution in [0, 0.1) is 13.0 Å². The van der Waals surface area contributed by atoms with E-state index in [0.717, 1.165) is 12.0 Å². The molecule has 0 fully saturated rings. The minimum absolute atomic E-state index is 0. The van der Waals surface area contributed by atoms with Gasteiger partial charge < -0.3 is 29.9 Å². The predicted octanol–water partition coefficient (Wildman–Crippen LogP) is 1.23. The van der Waals surface area contributed by atoms with E-state index in [4.69, 9.17) is 0 Å². The third-order valence-corrected chi connectivity index (χ3v) is 11.8. The average Bonchev–Trinajstić information content (AvgIpc) is 3.05. The van der Waals surface area contributed by atoms with Crippen molar-refractivity contribution in [3.8, 4) is 16.9 Å². The molecular formula is C29H37Cl2OSiTi-2. The van der Waals surface area contributed by atoms with Crippen LogP contribution in [0.25, 0.3) is 11.1 Å². The second-order valence-electron chi connectivity index (χ2n) is 10.3. The standard InChI is InChI=1S/C13H22OSi.C13H9.C3H6.2ClH.Ti/c1-10-7-11(14)9-12(8-10)15(5,6)13(2,3)4;1-3-7-12-10(5-1)9-11-6-2-4-8-13(11)12;1-3-2;;;/h7-9,14H,1-6H3;1-5,7-8H,9H2;1-2H3;2*1H;/q;-1;;;;+1/p-2. The number of aryl methyl sites for hydroxylation is 1. The quantitative estimate of drug-likeness (QED) is 0.281. The van der Waals surface area contributed by atoms with Crippen molar-refractivity contribution in [2.45, 2.75) is 66.1 Å². The van der Waals surface area contributed by atoms with E-state index < -0.39 is 8.07 Å². The minimum atomic E-state index is -1.50. The molecule has 1 aliphatic rings. The molecule has 0 bridgehead atoms. The zero-order valence-electron chi connectivity index (χ0n) is 21.7. The number of rotatable bonds is 1. The molecule has 1 N–H and O–H groups in total. The summed E-state index contributed by atoms with van der Waals surface area (Å²) in [4.78, 5) is 0. The topological polar surface area (TPSA) is 20.2 Å². The molecule has 3 aromatic carbocycles. The number of benzene rings is 3. The first-order chi connectivity index (χ1) is 14.8. The first-order valence-corrected chi connectivity index (χ1v) is 15.0. The van der Waals surface area contributed by atoms with Crippen molar-refractivity contribution in [2.75, 3.05) is 0 Å². The first-order valence-electron chi connectivity index (χ1n) is 11.2. The van der Waals surface area contributed by atoms with E-state index in [1.165, 1.54) is 31.3 Å². The summed E-state index contributed by atoms with van der Waals surface area (Å²) in [5, 5.41) is 11.3. The number of hydrogen-bond acceptors (Lipinski definition) is 1. The van der Waals surface area contributed by atoms with Crippen molar-refractivity contribution in [1.29, 1.82) is 0 Å². The summed E-state index contributed by atoms with van der Waals surface area (Å²) < 4.78 is 1.42. The fourth-order valence-corrected chi connectivity index (χ4v) is 5.52. The molecule has 0 atom stereocenters. The van der Waals surface area contributed by atoms with Crippen molar-refractivity contribution in [3.05, 3.63) is 83.4 Å². The average molecular weight is 548 g/mol. The fraction of sp³-hybridized carbons (Fsp3) is 0.345. The molecule has 4 rings (SSSR count). The van der Waals surface area contributed by atoms with E-state index in [9.17, 15) is 5.11 Å². The van der Waals surface area contributed by atoms with Gasteiger partial charge in [0, 0.05) is 0 Å². The van der Waals surface area contributed by atoms with Crippen LogP contribution in [-0.2, 0) is 26.4 Å². The van der Waals surface area contributed by atoms with Crippen LogP contribution in [0.3, 0.4) is 0 Å². The van der Waals surface area contributed by atoms with Gasteiger partial charge in [0.15, 0.2) is 0 Å². The number of aromatic hydroxyl groups is 1. The van der Waals surface area contributed by atoms with Gasteiger partial charge in [-0.3, -0.25) is 0 Å². The van der Waals surface area contributed by atoms with Gasteiger partial charge in [0.2, 0.25) is 0 Å². The van der Waals surface area contributed by atoms with Crippen LogP contribution in [0.4, 0.5) is 0 Å². The summed E-state index contributed by atoms with van der Waals surface area (Å²) in [5.41, 5.74) is 6.66. The summed E-state index contributed by atoms with van der Waals surface area (Å²) in [6, 6.07) is 24.1. The third kappa shape index (κ3) is 8.81. The monoisotopic (exact) mass is 547 g/mol. The predicted molar refractivity (Wildman–Crippen MR) is 140 cm³/mol. The van der Waals surface area contributed by atoms with Gasteiger partial charge in [-0.15, -0.1) is 5.56 Å². The molecule has 0 radical (unpaired) electrons. The number of halogens is 2. The van der Waals surface area contributed by atoms with Crippen LogP contribution in [0.2, 0.25) is 18.1 Å². The fourth-order valence-electron chi connectivity index (χ4n) is 3.55. The van der Waals surface area contributed by atoms with Gasteiger partial charge in [-0.05, 0) is 36.1 Å². The normalized spacial score (nSPS) is 11.2. The van der Waals surface area contributed by atoms with Crippen molar-refractivity contribution in [2.24, 2.45) is 0 Å². The van der Waals surface area contributed by atoms with E-state index in [1.807, 2.05) is 25.1 Å². The maximum atomic E-state index is 9.65. The molecule has 0 amide bonds. The molecule has 0 unspecified atom stereocenters. The summed E-state index contributed by atoms with van der Waals surface area (Å²) in [6.45, 7) is 17.8. The van der Waals surface area contributed by atoms with Crippen LogP contribution in [-0.4, -0.2) is 17.0 Å². The summed E-state index contributed by atoms with van der Waals surface area (Å²) in [5.74, 6) is 0.398. The van der Waals surface area contributed by atoms with Crippen LogP contribution >= 0.6 is 0 Å². The Bertz CT molecular complexity index is 1020. The Morgan fingerprint density at radius 3 is 2.06 bits per heavy atom. The third-order valence-electron chi connectivity index (χ3n) is 6.28. The molecule has 0 aromatic heterocycles. The summed E-state index contributed by atoms with van der Waals surface area (Å²) in [7, 11) is -1.50. The van der Waals surface area contributed by atoms with E-state index in [1.54, 1.807) is 0 Å². The van der Waals surface area contributed by atoms with Crippen molar-refractivity contribution < 1.29 is 49.9 Å². The molecule has 34 heavy (non-hydrogen) atoms. The van der Waals surface area contributed by atoms with E-state index in [0.29, 0.717) is 10.8 Å². The van der Waals surface area contributed by atoms with E-state index in [-0.39, 0.29) is 24.8 Å². The minimum Gasteiger partial charge on any atom is -1.00 e. The molecular weight excluding hydrogens is 511 g/mol. The molecule has 183 valence electrons. The maximum Gasteiger partial charge on any atom is 0.115 e. The first kappa shape index (κ1) is 32.8. The Balaban J connectivity index is 0.000000529. The number of phenols is 1. The second-order valence-corrected chi connectivity index (χ2v) is 17.2. The Hall–Kier alpha value is -1.16. The zero-order valence-corrected chi connectivity index (χ0v) is 25.8. The van der Waals surface area contributed by atoms with Crippen LogP contribution in [0.1, 0.15) is 51.3 Å². The van der Waals surface area contributed by atoms with Gasteiger partial charge in [-0.25, -0.2) is 0 Å². The zero-order chi connectivity index (χ0) is 24.1. The Labute approximate surface area is 232 Å². The summed E-state index contributed by atoms with van der Waals surface area (Å²) >= 11 is 2.08. The maximum absolute atomic E-state index is 9.65. The molecule has 0 heterocycles. The molecule has 5 heteroatoms. The van der Waals surface area contributed by atoms with Gasteiger partial charge >= 0.3 is 37.6 Å². The number of phenolic OH excluding ortho intramolecular Hbond substituents is 1. The number of hydrogen-bond donors (Lipinski definition) is 1. The largest absolute Gasteiger partial charge is 1.00 e. The van der Waals surface area contributed by atoms with Crippen molar-refractivity contribution in [3.63, 3.8) is 0 Å². The SMILES string of the molecule is C[C](C)=[Ti+].Cc1cc(O)cc([Si](C)(C)C(C)(C)C)c1.[Cl-].[Cl-].[c-]1cccc2c1Cc1ccccc1-2. The van der Waals surface area contributed by atoms with Crippen LogP contribution in [0.5, 0.6) is 5.75 Å². The van der Waals surface area contributed by atoms with Gasteiger partial charge in [0.1, 0.15) is 5.75 Å². The van der Waals surface area contributed by atoms with Gasteiger partial charge in [0.05, 0.1) is 8.07 Å². The van der Waals surface area contributed by atoms with Crippen molar-refractivity contribution in [1.82, 2.24) is 0 Å². The van der Waals surface area contributed by atoms with Crippen LogP contribution in [0.15, 0.2) is 60.7 Å². The molecule has 1 nitrogen and oxygen atoms in total. The molecule has 0 saturated heterocycles. The van der Waals surface area contributed by atoms with Gasteiger partial charge in [-0.1, -0.05) is 80.5 Å². The van der Waals surface area contributed by atoms with Crippen molar-refractivity contribution >= 4 is 17.1 Å². The van der Waals surface area contributed by atoms with Crippen LogP contribution < -0.4 is 30.0 Å². The Morgan fingerprint density at radius 2 is 1.50 bits per heavy atom.